The van der Waals surface area contributed by atoms with Gasteiger partial charge in [0.2, 0.25) is 6.04 Å². The monoisotopic (exact) mass is 278 g/mol. The quantitative estimate of drug-likeness (QED) is 0.469. The first-order valence-electron chi connectivity index (χ1n) is 6.77. The van der Waals surface area contributed by atoms with E-state index < -0.39 is 12.1 Å². The minimum absolute atomic E-state index is 0.259. The van der Waals surface area contributed by atoms with E-state index in [1.807, 2.05) is 30.3 Å². The van der Waals surface area contributed by atoms with Crippen LogP contribution in [0.4, 0.5) is 5.69 Å². The zero-order valence-electron chi connectivity index (χ0n) is 11.3. The van der Waals surface area contributed by atoms with Gasteiger partial charge in [-0.15, -0.1) is 0 Å². The van der Waals surface area contributed by atoms with Crippen LogP contribution < -0.4 is 5.06 Å². The number of carbonyl (C=O) groups excluding carboxylic acids is 1. The molecule has 0 radical (unpaired) electrons. The van der Waals surface area contributed by atoms with E-state index in [1.54, 1.807) is 12.0 Å². The standard InChI is InChI=1S/C14H18N2O4/c1-2-13(16(18)19)14-9-8-12(10-17)20-15(14)11-6-4-3-5-7-11/h3-7,10,12-14H,2,8-9H2,1H3/t12-,13?,14-/m1/s1. The van der Waals surface area contributed by atoms with Crippen molar-refractivity contribution in [2.75, 3.05) is 5.06 Å². The summed E-state index contributed by atoms with van der Waals surface area (Å²) in [6.45, 7) is 1.79. The number of benzene rings is 1. The van der Waals surface area contributed by atoms with Crippen molar-refractivity contribution in [2.24, 2.45) is 0 Å². The lowest BCUT2D eigenvalue weighted by atomic mass is 9.97. The lowest BCUT2D eigenvalue weighted by Gasteiger charge is -2.39. The van der Waals surface area contributed by atoms with Crippen molar-refractivity contribution in [3.05, 3.63) is 40.4 Å². The number of nitrogens with zero attached hydrogens (tertiary/aromatic N) is 2. The van der Waals surface area contributed by atoms with E-state index in [0.29, 0.717) is 19.3 Å². The van der Waals surface area contributed by atoms with Gasteiger partial charge in [0, 0.05) is 11.3 Å². The molecule has 3 atom stereocenters. The molecule has 20 heavy (non-hydrogen) atoms. The average Bonchev–Trinajstić information content (AvgIpc) is 2.49. The lowest BCUT2D eigenvalue weighted by molar-refractivity contribution is -0.528. The lowest BCUT2D eigenvalue weighted by Crippen LogP contribution is -2.52. The Morgan fingerprint density at radius 1 is 1.45 bits per heavy atom. The molecule has 1 aromatic rings. The highest BCUT2D eigenvalue weighted by Crippen LogP contribution is 2.29. The third-order valence-corrected chi connectivity index (χ3v) is 3.59. The van der Waals surface area contributed by atoms with E-state index in [1.165, 1.54) is 0 Å². The number of nitro groups is 1. The first kappa shape index (κ1) is 14.5. The van der Waals surface area contributed by atoms with Crippen LogP contribution in [-0.4, -0.2) is 29.4 Å². The van der Waals surface area contributed by atoms with Crippen LogP contribution in [0.25, 0.3) is 0 Å². The molecule has 1 unspecified atom stereocenters. The predicted molar refractivity (Wildman–Crippen MR) is 74.0 cm³/mol. The molecule has 0 saturated carbocycles. The molecule has 6 heteroatoms. The number of rotatable bonds is 5. The van der Waals surface area contributed by atoms with Crippen LogP contribution in [0, 0.1) is 10.1 Å². The molecule has 6 nitrogen and oxygen atoms in total. The molecule has 2 rings (SSSR count). The summed E-state index contributed by atoms with van der Waals surface area (Å²) in [5.41, 5.74) is 0.740. The Hall–Kier alpha value is -1.95. The fourth-order valence-corrected chi connectivity index (χ4v) is 2.56. The van der Waals surface area contributed by atoms with Gasteiger partial charge in [-0.25, -0.2) is 5.06 Å². The van der Waals surface area contributed by atoms with Crippen molar-refractivity contribution >= 4 is 12.0 Å². The molecule has 0 aromatic heterocycles. The van der Waals surface area contributed by atoms with Crippen molar-refractivity contribution in [3.8, 4) is 0 Å². The highest BCUT2D eigenvalue weighted by atomic mass is 16.7. The highest BCUT2D eigenvalue weighted by molar-refractivity contribution is 5.57. The van der Waals surface area contributed by atoms with E-state index in [9.17, 15) is 14.9 Å². The minimum Gasteiger partial charge on any atom is -0.300 e. The van der Waals surface area contributed by atoms with Crippen molar-refractivity contribution in [3.63, 3.8) is 0 Å². The van der Waals surface area contributed by atoms with Gasteiger partial charge in [0.15, 0.2) is 6.29 Å². The second-order valence-corrected chi connectivity index (χ2v) is 4.85. The Bertz CT molecular complexity index is 466. The molecular formula is C14H18N2O4. The molecular weight excluding hydrogens is 260 g/mol. The molecule has 0 N–H and O–H groups in total. The third-order valence-electron chi connectivity index (χ3n) is 3.59. The van der Waals surface area contributed by atoms with Gasteiger partial charge in [-0.3, -0.25) is 15.0 Å². The van der Waals surface area contributed by atoms with Gasteiger partial charge in [0.1, 0.15) is 12.1 Å². The molecule has 0 amide bonds. The van der Waals surface area contributed by atoms with Crippen LogP contribution >= 0.6 is 0 Å². The fourth-order valence-electron chi connectivity index (χ4n) is 2.56. The zero-order valence-corrected chi connectivity index (χ0v) is 11.3. The molecule has 1 saturated heterocycles. The van der Waals surface area contributed by atoms with Crippen LogP contribution in [0.1, 0.15) is 26.2 Å². The molecule has 1 fully saturated rings. The second-order valence-electron chi connectivity index (χ2n) is 4.85. The van der Waals surface area contributed by atoms with Gasteiger partial charge in [-0.2, -0.15) is 0 Å². The third kappa shape index (κ3) is 2.96. The fraction of sp³-hybridized carbons (Fsp3) is 0.500. The van der Waals surface area contributed by atoms with E-state index >= 15 is 0 Å². The van der Waals surface area contributed by atoms with Crippen LogP contribution in [0.5, 0.6) is 0 Å². The topological polar surface area (TPSA) is 72.7 Å². The Kier molecular flexibility index (Phi) is 4.68. The van der Waals surface area contributed by atoms with Crippen LogP contribution in [-0.2, 0) is 9.63 Å². The van der Waals surface area contributed by atoms with Crippen LogP contribution in [0.3, 0.4) is 0 Å². The largest absolute Gasteiger partial charge is 0.300 e. The Balaban J connectivity index is 2.28. The van der Waals surface area contributed by atoms with E-state index in [0.717, 1.165) is 12.0 Å². The number of anilines is 1. The number of aldehydes is 1. The summed E-state index contributed by atoms with van der Waals surface area (Å²) in [4.78, 5) is 27.5. The summed E-state index contributed by atoms with van der Waals surface area (Å²) in [6, 6.07) is 8.14. The number of hydrogen-bond acceptors (Lipinski definition) is 5. The smallest absolute Gasteiger partial charge is 0.235 e. The maximum atomic E-state index is 11.2. The predicted octanol–water partition coefficient (Wildman–Crippen LogP) is 2.21. The number of hydrogen-bond donors (Lipinski definition) is 0. The van der Waals surface area contributed by atoms with Gasteiger partial charge < -0.3 is 4.79 Å². The first-order valence-corrected chi connectivity index (χ1v) is 6.77. The van der Waals surface area contributed by atoms with Crippen molar-refractivity contribution in [2.45, 2.75) is 44.4 Å². The number of carbonyl (C=O) groups is 1. The Labute approximate surface area is 117 Å². The highest BCUT2D eigenvalue weighted by Gasteiger charge is 2.40. The molecule has 1 heterocycles. The van der Waals surface area contributed by atoms with Crippen molar-refractivity contribution < 1.29 is 14.6 Å². The van der Waals surface area contributed by atoms with Gasteiger partial charge in [0.25, 0.3) is 0 Å². The van der Waals surface area contributed by atoms with Crippen LogP contribution in [0.2, 0.25) is 0 Å². The average molecular weight is 278 g/mol. The summed E-state index contributed by atoms with van der Waals surface area (Å²) < 4.78 is 0. The molecule has 0 spiro atoms. The van der Waals surface area contributed by atoms with E-state index in [2.05, 4.69) is 0 Å². The molecule has 0 aliphatic carbocycles. The summed E-state index contributed by atoms with van der Waals surface area (Å²) in [7, 11) is 0. The molecule has 1 aromatic carbocycles. The summed E-state index contributed by atoms with van der Waals surface area (Å²) in [5, 5.41) is 12.8. The zero-order chi connectivity index (χ0) is 14.5. The summed E-state index contributed by atoms with van der Waals surface area (Å²) in [6.07, 6.45) is 1.73. The van der Waals surface area contributed by atoms with Gasteiger partial charge in [-0.1, -0.05) is 25.1 Å². The minimum atomic E-state index is -0.706. The van der Waals surface area contributed by atoms with E-state index in [4.69, 9.17) is 4.84 Å². The van der Waals surface area contributed by atoms with E-state index in [-0.39, 0.29) is 11.0 Å². The summed E-state index contributed by atoms with van der Waals surface area (Å²) >= 11 is 0. The number of hydroxylamine groups is 1. The van der Waals surface area contributed by atoms with Crippen LogP contribution in [0.15, 0.2) is 30.3 Å². The molecule has 1 aliphatic heterocycles. The second kappa shape index (κ2) is 6.47. The molecule has 1 aliphatic rings. The van der Waals surface area contributed by atoms with Crippen molar-refractivity contribution in [1.29, 1.82) is 0 Å². The van der Waals surface area contributed by atoms with Gasteiger partial charge in [-0.05, 0) is 25.0 Å². The number of para-hydroxylation sites is 1. The Morgan fingerprint density at radius 2 is 2.15 bits per heavy atom. The normalized spacial score (nSPS) is 24.1. The van der Waals surface area contributed by atoms with Gasteiger partial charge >= 0.3 is 0 Å². The Morgan fingerprint density at radius 3 is 2.70 bits per heavy atom. The van der Waals surface area contributed by atoms with Gasteiger partial charge in [0.05, 0.1) is 5.69 Å². The first-order chi connectivity index (χ1) is 9.67. The maximum absolute atomic E-state index is 11.2. The summed E-state index contributed by atoms with van der Waals surface area (Å²) in [5.74, 6) is 0. The van der Waals surface area contributed by atoms with Crippen molar-refractivity contribution in [1.82, 2.24) is 0 Å². The maximum Gasteiger partial charge on any atom is 0.235 e. The SMILES string of the molecule is CCC([C@H]1CC[C@H](C=O)ON1c1ccccc1)[N+](=O)[O-]. The molecule has 0 bridgehead atoms. The molecule has 108 valence electrons.